The van der Waals surface area contributed by atoms with Crippen molar-refractivity contribution in [3.05, 3.63) is 69.8 Å². The lowest BCUT2D eigenvalue weighted by Gasteiger charge is -2.11. The van der Waals surface area contributed by atoms with Crippen LogP contribution in [0.15, 0.2) is 46.9 Å². The summed E-state index contributed by atoms with van der Waals surface area (Å²) in [5, 5.41) is 9.17. The molecular weight excluding hydrogens is 330 g/mol. The SMILES string of the molecule is COC(=O)C(C#N)=Cc1cc(C)cc(CSc2ccc(C)cc2)c1C. The molecule has 2 aromatic rings. The van der Waals surface area contributed by atoms with E-state index in [2.05, 4.69) is 42.0 Å². The second-order valence-electron chi connectivity index (χ2n) is 5.90. The molecule has 4 heteroatoms. The van der Waals surface area contributed by atoms with Gasteiger partial charge in [-0.15, -0.1) is 11.8 Å². The van der Waals surface area contributed by atoms with E-state index >= 15 is 0 Å². The highest BCUT2D eigenvalue weighted by molar-refractivity contribution is 7.98. The van der Waals surface area contributed by atoms with Gasteiger partial charge in [-0.1, -0.05) is 35.4 Å². The van der Waals surface area contributed by atoms with Crippen LogP contribution in [0.3, 0.4) is 0 Å². The van der Waals surface area contributed by atoms with E-state index in [-0.39, 0.29) is 5.57 Å². The molecule has 0 spiro atoms. The summed E-state index contributed by atoms with van der Waals surface area (Å²) < 4.78 is 4.66. The Morgan fingerprint density at radius 3 is 2.44 bits per heavy atom. The van der Waals surface area contributed by atoms with Crippen molar-refractivity contribution >= 4 is 23.8 Å². The summed E-state index contributed by atoms with van der Waals surface area (Å²) in [6.07, 6.45) is 1.61. The number of thioether (sulfide) groups is 1. The van der Waals surface area contributed by atoms with Crippen LogP contribution in [0.4, 0.5) is 0 Å². The molecule has 0 unspecified atom stereocenters. The fourth-order valence-electron chi connectivity index (χ4n) is 2.46. The van der Waals surface area contributed by atoms with Gasteiger partial charge < -0.3 is 4.74 Å². The van der Waals surface area contributed by atoms with E-state index in [1.807, 2.05) is 26.0 Å². The van der Waals surface area contributed by atoms with Crippen molar-refractivity contribution in [1.82, 2.24) is 0 Å². The summed E-state index contributed by atoms with van der Waals surface area (Å²) in [6.45, 7) is 6.11. The highest BCUT2D eigenvalue weighted by Gasteiger charge is 2.11. The zero-order valence-electron chi connectivity index (χ0n) is 14.9. The first kappa shape index (κ1) is 18.8. The number of hydrogen-bond acceptors (Lipinski definition) is 4. The molecule has 2 aromatic carbocycles. The number of nitrogens with zero attached hydrogens (tertiary/aromatic N) is 1. The summed E-state index contributed by atoms with van der Waals surface area (Å²) >= 11 is 1.77. The first-order chi connectivity index (χ1) is 11.9. The Morgan fingerprint density at radius 2 is 1.84 bits per heavy atom. The van der Waals surface area contributed by atoms with Crippen LogP contribution in [0.1, 0.15) is 27.8 Å². The van der Waals surface area contributed by atoms with E-state index in [1.165, 1.54) is 23.1 Å². The highest BCUT2D eigenvalue weighted by Crippen LogP contribution is 2.28. The normalized spacial score (nSPS) is 11.1. The maximum atomic E-state index is 11.6. The first-order valence-corrected chi connectivity index (χ1v) is 8.93. The van der Waals surface area contributed by atoms with Crippen LogP contribution < -0.4 is 0 Å². The van der Waals surface area contributed by atoms with Gasteiger partial charge in [0.05, 0.1) is 7.11 Å². The van der Waals surface area contributed by atoms with Crippen molar-refractivity contribution in [1.29, 1.82) is 5.26 Å². The lowest BCUT2D eigenvalue weighted by atomic mass is 9.98. The van der Waals surface area contributed by atoms with Gasteiger partial charge in [-0.3, -0.25) is 0 Å². The third-order valence-electron chi connectivity index (χ3n) is 3.94. The van der Waals surface area contributed by atoms with E-state index in [4.69, 9.17) is 5.26 Å². The lowest BCUT2D eigenvalue weighted by Crippen LogP contribution is -2.03. The molecule has 0 aliphatic carbocycles. The Kier molecular flexibility index (Phi) is 6.44. The molecule has 3 nitrogen and oxygen atoms in total. The molecule has 0 fully saturated rings. The number of hydrogen-bond donors (Lipinski definition) is 0. The second kappa shape index (κ2) is 8.55. The molecule has 128 valence electrons. The number of aryl methyl sites for hydroxylation is 2. The third-order valence-corrected chi connectivity index (χ3v) is 5.00. The van der Waals surface area contributed by atoms with Crippen molar-refractivity contribution < 1.29 is 9.53 Å². The van der Waals surface area contributed by atoms with Crippen molar-refractivity contribution in [2.75, 3.05) is 7.11 Å². The first-order valence-electron chi connectivity index (χ1n) is 7.94. The molecule has 0 saturated carbocycles. The summed E-state index contributed by atoms with van der Waals surface area (Å²) in [7, 11) is 1.28. The number of methoxy groups -OCH3 is 1. The molecule has 0 saturated heterocycles. The van der Waals surface area contributed by atoms with Crippen molar-refractivity contribution in [3.8, 4) is 6.07 Å². The monoisotopic (exact) mass is 351 g/mol. The maximum absolute atomic E-state index is 11.6. The third kappa shape index (κ3) is 4.98. The van der Waals surface area contributed by atoms with Crippen LogP contribution in [0, 0.1) is 32.1 Å². The van der Waals surface area contributed by atoms with Crippen LogP contribution in [0.2, 0.25) is 0 Å². The van der Waals surface area contributed by atoms with Crippen molar-refractivity contribution in [2.24, 2.45) is 0 Å². The average Bonchev–Trinajstić information content (AvgIpc) is 2.61. The summed E-state index contributed by atoms with van der Waals surface area (Å²) in [6, 6.07) is 14.5. The van der Waals surface area contributed by atoms with Gasteiger partial charge in [-0.25, -0.2) is 4.79 Å². The van der Waals surface area contributed by atoms with E-state index < -0.39 is 5.97 Å². The predicted octanol–water partition coefficient (Wildman–Crippen LogP) is 4.98. The number of rotatable bonds is 5. The topological polar surface area (TPSA) is 50.1 Å². The molecule has 0 bridgehead atoms. The number of carbonyl (C=O) groups is 1. The Balaban J connectivity index is 2.30. The van der Waals surface area contributed by atoms with Crippen LogP contribution in [0.25, 0.3) is 6.08 Å². The van der Waals surface area contributed by atoms with Crippen LogP contribution in [-0.4, -0.2) is 13.1 Å². The van der Waals surface area contributed by atoms with Gasteiger partial charge in [0.2, 0.25) is 0 Å². The predicted molar refractivity (Wildman–Crippen MR) is 102 cm³/mol. The quantitative estimate of drug-likeness (QED) is 0.330. The molecule has 0 aromatic heterocycles. The minimum absolute atomic E-state index is 0.00772. The summed E-state index contributed by atoms with van der Waals surface area (Å²) in [5.74, 6) is 0.219. The smallest absolute Gasteiger partial charge is 0.348 e. The molecule has 2 rings (SSSR count). The second-order valence-corrected chi connectivity index (χ2v) is 6.95. The van der Waals surface area contributed by atoms with E-state index in [0.717, 1.165) is 22.4 Å². The summed E-state index contributed by atoms with van der Waals surface area (Å²) in [4.78, 5) is 12.9. The van der Waals surface area contributed by atoms with E-state index in [1.54, 1.807) is 17.8 Å². The van der Waals surface area contributed by atoms with Gasteiger partial charge in [0.15, 0.2) is 0 Å². The molecule has 0 amide bonds. The van der Waals surface area contributed by atoms with E-state index in [9.17, 15) is 4.79 Å². The maximum Gasteiger partial charge on any atom is 0.348 e. The fourth-order valence-corrected chi connectivity index (χ4v) is 3.41. The Hall–Kier alpha value is -2.51. The van der Waals surface area contributed by atoms with Gasteiger partial charge in [0.1, 0.15) is 11.6 Å². The molecule has 25 heavy (non-hydrogen) atoms. The zero-order chi connectivity index (χ0) is 18.4. The highest BCUT2D eigenvalue weighted by atomic mass is 32.2. The number of esters is 1. The molecule has 0 N–H and O–H groups in total. The molecule has 0 aliphatic heterocycles. The van der Waals surface area contributed by atoms with Crippen LogP contribution >= 0.6 is 11.8 Å². The molecule has 0 heterocycles. The number of benzene rings is 2. The number of nitriles is 1. The summed E-state index contributed by atoms with van der Waals surface area (Å²) in [5.41, 5.74) is 5.49. The van der Waals surface area contributed by atoms with Gasteiger partial charge in [-0.2, -0.15) is 5.26 Å². The largest absolute Gasteiger partial charge is 0.465 e. The van der Waals surface area contributed by atoms with Crippen molar-refractivity contribution in [2.45, 2.75) is 31.4 Å². The molecule has 0 atom stereocenters. The van der Waals surface area contributed by atoms with E-state index in [0.29, 0.717) is 0 Å². The van der Waals surface area contributed by atoms with Gasteiger partial charge in [0.25, 0.3) is 0 Å². The Bertz CT molecular complexity index is 845. The van der Waals surface area contributed by atoms with Crippen LogP contribution in [0.5, 0.6) is 0 Å². The zero-order valence-corrected chi connectivity index (χ0v) is 15.7. The molecule has 0 radical (unpaired) electrons. The van der Waals surface area contributed by atoms with Gasteiger partial charge in [0, 0.05) is 10.6 Å². The average molecular weight is 351 g/mol. The minimum atomic E-state index is -0.612. The van der Waals surface area contributed by atoms with Crippen LogP contribution in [-0.2, 0) is 15.3 Å². The number of carbonyl (C=O) groups excluding carboxylic acids is 1. The molecule has 0 aliphatic rings. The fraction of sp³-hybridized carbons (Fsp3) is 0.238. The van der Waals surface area contributed by atoms with Gasteiger partial charge >= 0.3 is 5.97 Å². The number of ether oxygens (including phenoxy) is 1. The lowest BCUT2D eigenvalue weighted by molar-refractivity contribution is -0.135. The minimum Gasteiger partial charge on any atom is -0.465 e. The standard InChI is InChI=1S/C21H21NO2S/c1-14-5-7-20(8-6-14)25-13-19-10-15(2)9-17(16(19)3)11-18(12-22)21(23)24-4/h5-11H,13H2,1-4H3. The molecular formula is C21H21NO2S. The Labute approximate surface area is 153 Å². The van der Waals surface area contributed by atoms with Gasteiger partial charge in [-0.05, 0) is 55.7 Å². The Morgan fingerprint density at radius 1 is 1.16 bits per heavy atom. The van der Waals surface area contributed by atoms with Crippen molar-refractivity contribution in [3.63, 3.8) is 0 Å².